The molecular weight excluding hydrogens is 214 g/mol. The molecule has 0 bridgehead atoms. The standard InChI is InChI=1S/C13H17N3O/c1-2-16-8-5-12(6-9-16)17-13-11(10-14)4-3-7-15-13/h3-4,7,12H,2,5-6,8-9H2,1H3. The third-order valence-corrected chi connectivity index (χ3v) is 3.15. The van der Waals surface area contributed by atoms with Crippen LogP contribution in [0.5, 0.6) is 5.88 Å². The zero-order chi connectivity index (χ0) is 12.1. The molecule has 1 aromatic rings. The molecule has 1 aliphatic heterocycles. The number of aromatic nitrogens is 1. The van der Waals surface area contributed by atoms with E-state index in [4.69, 9.17) is 10.00 Å². The number of hydrogen-bond acceptors (Lipinski definition) is 4. The highest BCUT2D eigenvalue weighted by atomic mass is 16.5. The van der Waals surface area contributed by atoms with E-state index in [9.17, 15) is 0 Å². The van der Waals surface area contributed by atoms with Gasteiger partial charge in [0.2, 0.25) is 5.88 Å². The highest BCUT2D eigenvalue weighted by Crippen LogP contribution is 2.19. The van der Waals surface area contributed by atoms with Gasteiger partial charge in [-0.05, 0) is 31.5 Å². The number of hydrogen-bond donors (Lipinski definition) is 0. The van der Waals surface area contributed by atoms with Crippen LogP contribution in [0, 0.1) is 11.3 Å². The third-order valence-electron chi connectivity index (χ3n) is 3.15. The lowest BCUT2D eigenvalue weighted by Crippen LogP contribution is -2.38. The Morgan fingerprint density at radius 3 is 2.94 bits per heavy atom. The number of pyridine rings is 1. The van der Waals surface area contributed by atoms with E-state index in [2.05, 4.69) is 22.9 Å². The summed E-state index contributed by atoms with van der Waals surface area (Å²) in [6.45, 7) is 5.40. The first-order chi connectivity index (χ1) is 8.33. The van der Waals surface area contributed by atoms with Crippen LogP contribution in [-0.4, -0.2) is 35.6 Å². The van der Waals surface area contributed by atoms with Gasteiger partial charge in [0.05, 0.1) is 0 Å². The fourth-order valence-corrected chi connectivity index (χ4v) is 2.07. The molecule has 0 amide bonds. The molecule has 0 N–H and O–H groups in total. The molecule has 17 heavy (non-hydrogen) atoms. The second-order valence-corrected chi connectivity index (χ2v) is 4.22. The van der Waals surface area contributed by atoms with Gasteiger partial charge in [0.25, 0.3) is 0 Å². The van der Waals surface area contributed by atoms with E-state index in [1.165, 1.54) is 0 Å². The highest BCUT2D eigenvalue weighted by Gasteiger charge is 2.20. The molecule has 0 spiro atoms. The predicted octanol–water partition coefficient (Wildman–Crippen LogP) is 1.82. The van der Waals surface area contributed by atoms with Crippen molar-refractivity contribution in [3.8, 4) is 11.9 Å². The fraction of sp³-hybridized carbons (Fsp3) is 0.538. The second-order valence-electron chi connectivity index (χ2n) is 4.22. The molecular formula is C13H17N3O. The van der Waals surface area contributed by atoms with Gasteiger partial charge in [-0.15, -0.1) is 0 Å². The summed E-state index contributed by atoms with van der Waals surface area (Å²) in [4.78, 5) is 6.53. The van der Waals surface area contributed by atoms with Crippen molar-refractivity contribution in [2.45, 2.75) is 25.9 Å². The van der Waals surface area contributed by atoms with Crippen LogP contribution in [0.15, 0.2) is 18.3 Å². The average Bonchev–Trinajstić information content (AvgIpc) is 2.40. The quantitative estimate of drug-likeness (QED) is 0.796. The molecule has 2 rings (SSSR count). The molecule has 4 nitrogen and oxygen atoms in total. The minimum atomic E-state index is 0.194. The number of rotatable bonds is 3. The van der Waals surface area contributed by atoms with Gasteiger partial charge in [-0.1, -0.05) is 6.92 Å². The molecule has 4 heteroatoms. The van der Waals surface area contributed by atoms with Gasteiger partial charge in [0.15, 0.2) is 0 Å². The molecule has 2 heterocycles. The Bertz CT molecular complexity index is 405. The van der Waals surface area contributed by atoms with Crippen molar-refractivity contribution in [2.24, 2.45) is 0 Å². The van der Waals surface area contributed by atoms with Crippen LogP contribution < -0.4 is 4.74 Å². The molecule has 1 aromatic heterocycles. The first-order valence-electron chi connectivity index (χ1n) is 6.07. The SMILES string of the molecule is CCN1CCC(Oc2ncccc2C#N)CC1. The Balaban J connectivity index is 1.96. The third kappa shape index (κ3) is 2.95. The van der Waals surface area contributed by atoms with Gasteiger partial charge < -0.3 is 9.64 Å². The molecule has 90 valence electrons. The van der Waals surface area contributed by atoms with Gasteiger partial charge in [0.1, 0.15) is 17.7 Å². The monoisotopic (exact) mass is 231 g/mol. The second kappa shape index (κ2) is 5.65. The van der Waals surface area contributed by atoms with Crippen molar-refractivity contribution in [1.82, 2.24) is 9.88 Å². The number of nitrogens with zero attached hydrogens (tertiary/aromatic N) is 3. The summed E-state index contributed by atoms with van der Waals surface area (Å²) in [6, 6.07) is 5.60. The van der Waals surface area contributed by atoms with E-state index in [0.29, 0.717) is 11.4 Å². The van der Waals surface area contributed by atoms with Gasteiger partial charge >= 0.3 is 0 Å². The smallest absolute Gasteiger partial charge is 0.231 e. The van der Waals surface area contributed by atoms with Gasteiger partial charge in [0, 0.05) is 19.3 Å². The van der Waals surface area contributed by atoms with Gasteiger partial charge in [-0.2, -0.15) is 5.26 Å². The molecule has 1 fully saturated rings. The lowest BCUT2D eigenvalue weighted by Gasteiger charge is -2.30. The van der Waals surface area contributed by atoms with Crippen LogP contribution in [0.2, 0.25) is 0 Å². The minimum absolute atomic E-state index is 0.194. The summed E-state index contributed by atoms with van der Waals surface area (Å²) in [7, 11) is 0. The van der Waals surface area contributed by atoms with Crippen LogP contribution in [-0.2, 0) is 0 Å². The van der Waals surface area contributed by atoms with Crippen LogP contribution in [0.25, 0.3) is 0 Å². The maximum absolute atomic E-state index is 8.95. The molecule has 1 saturated heterocycles. The van der Waals surface area contributed by atoms with E-state index in [1.54, 1.807) is 18.3 Å². The molecule has 0 unspecified atom stereocenters. The maximum atomic E-state index is 8.95. The van der Waals surface area contributed by atoms with Crippen molar-refractivity contribution in [1.29, 1.82) is 5.26 Å². The normalized spacial score (nSPS) is 17.6. The van der Waals surface area contributed by atoms with Crippen LogP contribution in [0.3, 0.4) is 0 Å². The van der Waals surface area contributed by atoms with Crippen molar-refractivity contribution >= 4 is 0 Å². The van der Waals surface area contributed by atoms with E-state index in [0.717, 1.165) is 32.5 Å². The van der Waals surface area contributed by atoms with Crippen molar-refractivity contribution in [3.05, 3.63) is 23.9 Å². The summed E-state index contributed by atoms with van der Waals surface area (Å²) < 4.78 is 5.81. The summed E-state index contributed by atoms with van der Waals surface area (Å²) >= 11 is 0. The summed E-state index contributed by atoms with van der Waals surface area (Å²) in [5, 5.41) is 8.95. The number of likely N-dealkylation sites (tertiary alicyclic amines) is 1. The summed E-state index contributed by atoms with van der Waals surface area (Å²) in [6.07, 6.45) is 3.88. The molecule has 0 aromatic carbocycles. The molecule has 0 radical (unpaired) electrons. The Hall–Kier alpha value is -1.60. The molecule has 1 aliphatic rings. The number of nitriles is 1. The van der Waals surface area contributed by atoms with E-state index < -0.39 is 0 Å². The Morgan fingerprint density at radius 1 is 1.53 bits per heavy atom. The van der Waals surface area contributed by atoms with Crippen molar-refractivity contribution in [2.75, 3.05) is 19.6 Å². The Labute approximate surface area is 102 Å². The number of piperidine rings is 1. The van der Waals surface area contributed by atoms with Crippen LogP contribution in [0.4, 0.5) is 0 Å². The molecule has 0 aliphatic carbocycles. The zero-order valence-corrected chi connectivity index (χ0v) is 10.1. The largest absolute Gasteiger partial charge is 0.473 e. The zero-order valence-electron chi connectivity index (χ0n) is 10.1. The topological polar surface area (TPSA) is 49.1 Å². The highest BCUT2D eigenvalue weighted by molar-refractivity contribution is 5.37. The van der Waals surface area contributed by atoms with Gasteiger partial charge in [-0.25, -0.2) is 4.98 Å². The van der Waals surface area contributed by atoms with Crippen LogP contribution in [0.1, 0.15) is 25.3 Å². The fourth-order valence-electron chi connectivity index (χ4n) is 2.07. The maximum Gasteiger partial charge on any atom is 0.231 e. The number of ether oxygens (including phenoxy) is 1. The summed E-state index contributed by atoms with van der Waals surface area (Å²) in [5.74, 6) is 0.477. The van der Waals surface area contributed by atoms with Crippen molar-refractivity contribution in [3.63, 3.8) is 0 Å². The average molecular weight is 231 g/mol. The van der Waals surface area contributed by atoms with Crippen LogP contribution >= 0.6 is 0 Å². The van der Waals surface area contributed by atoms with E-state index in [-0.39, 0.29) is 6.10 Å². The first kappa shape index (κ1) is 11.9. The first-order valence-corrected chi connectivity index (χ1v) is 6.07. The van der Waals surface area contributed by atoms with Gasteiger partial charge in [-0.3, -0.25) is 0 Å². The lowest BCUT2D eigenvalue weighted by atomic mass is 10.1. The molecule has 0 atom stereocenters. The lowest BCUT2D eigenvalue weighted by molar-refractivity contribution is 0.0995. The van der Waals surface area contributed by atoms with Crippen molar-refractivity contribution < 1.29 is 4.74 Å². The Kier molecular flexibility index (Phi) is 3.94. The molecule has 0 saturated carbocycles. The minimum Gasteiger partial charge on any atom is -0.473 e. The van der Waals surface area contributed by atoms with E-state index >= 15 is 0 Å². The predicted molar refractivity (Wildman–Crippen MR) is 64.7 cm³/mol. The van der Waals surface area contributed by atoms with E-state index in [1.807, 2.05) is 0 Å². The summed E-state index contributed by atoms with van der Waals surface area (Å²) in [5.41, 5.74) is 0.519. The Morgan fingerprint density at radius 2 is 2.29 bits per heavy atom.